The first-order valence-corrected chi connectivity index (χ1v) is 11.5. The number of benzene rings is 4. The van der Waals surface area contributed by atoms with Crippen LogP contribution in [0.15, 0.2) is 102 Å². The number of nitriles is 2. The Hall–Kier alpha value is -5.39. The number of nitrogens with zero attached hydrogens (tertiary/aromatic N) is 4. The minimum absolute atomic E-state index is 0.607. The van der Waals surface area contributed by atoms with Crippen LogP contribution in [0.3, 0.4) is 0 Å². The average Bonchev–Trinajstić information content (AvgIpc) is 3.47. The van der Waals surface area contributed by atoms with E-state index in [4.69, 9.17) is 4.42 Å². The van der Waals surface area contributed by atoms with E-state index in [9.17, 15) is 10.5 Å². The Balaban J connectivity index is 1.44. The highest BCUT2D eigenvalue weighted by Crippen LogP contribution is 2.35. The normalized spacial score (nSPS) is 11.3. The van der Waals surface area contributed by atoms with Gasteiger partial charge in [-0.3, -0.25) is 4.57 Å². The molecule has 36 heavy (non-hydrogen) atoms. The van der Waals surface area contributed by atoms with Gasteiger partial charge in [0.25, 0.3) is 0 Å². The van der Waals surface area contributed by atoms with Gasteiger partial charge in [-0.15, -0.1) is 0 Å². The zero-order valence-corrected chi connectivity index (χ0v) is 18.9. The summed E-state index contributed by atoms with van der Waals surface area (Å²) in [6, 6.07) is 34.2. The van der Waals surface area contributed by atoms with Crippen molar-refractivity contribution in [3.63, 3.8) is 0 Å². The second-order valence-corrected chi connectivity index (χ2v) is 8.74. The third-order valence-corrected chi connectivity index (χ3v) is 6.69. The van der Waals surface area contributed by atoms with Gasteiger partial charge in [-0.2, -0.15) is 10.5 Å². The molecular weight excluding hydrogens is 444 g/mol. The molecule has 4 aromatic carbocycles. The molecule has 0 unspecified atom stereocenters. The summed E-state index contributed by atoms with van der Waals surface area (Å²) in [6.45, 7) is 0. The number of hydrogen-bond donors (Lipinski definition) is 0. The Labute approximate surface area is 205 Å². The zero-order chi connectivity index (χ0) is 24.2. The van der Waals surface area contributed by atoms with Crippen molar-refractivity contribution in [3.8, 4) is 29.0 Å². The lowest BCUT2D eigenvalue weighted by molar-refractivity contribution is 0.669. The van der Waals surface area contributed by atoms with Crippen molar-refractivity contribution in [2.45, 2.75) is 0 Å². The molecule has 166 valence electrons. The fraction of sp³-hybridized carbons (Fsp3) is 0. The van der Waals surface area contributed by atoms with E-state index in [1.165, 1.54) is 0 Å². The number of furan rings is 1. The van der Waals surface area contributed by atoms with Gasteiger partial charge < -0.3 is 4.42 Å². The van der Waals surface area contributed by atoms with Crippen molar-refractivity contribution in [1.29, 1.82) is 10.5 Å². The van der Waals surface area contributed by atoms with Crippen LogP contribution >= 0.6 is 0 Å². The minimum Gasteiger partial charge on any atom is -0.456 e. The number of pyridine rings is 1. The topological polar surface area (TPSA) is 78.5 Å². The van der Waals surface area contributed by atoms with E-state index in [2.05, 4.69) is 52.0 Å². The van der Waals surface area contributed by atoms with Crippen LogP contribution in [0, 0.1) is 22.7 Å². The van der Waals surface area contributed by atoms with Gasteiger partial charge in [-0.05, 0) is 83.9 Å². The molecule has 0 atom stereocenters. The molecule has 5 nitrogen and oxygen atoms in total. The highest BCUT2D eigenvalue weighted by molar-refractivity contribution is 6.09. The van der Waals surface area contributed by atoms with Crippen LogP contribution in [0.5, 0.6) is 0 Å². The predicted octanol–water partition coefficient (Wildman–Crippen LogP) is 7.49. The van der Waals surface area contributed by atoms with Gasteiger partial charge in [0.05, 0.1) is 28.8 Å². The number of fused-ring (bicyclic) bond motifs is 6. The summed E-state index contributed by atoms with van der Waals surface area (Å²) in [4.78, 5) is 4.68. The van der Waals surface area contributed by atoms with Crippen LogP contribution in [-0.2, 0) is 0 Å². The Morgan fingerprint density at radius 2 is 1.36 bits per heavy atom. The summed E-state index contributed by atoms with van der Waals surface area (Å²) in [5, 5.41) is 22.7. The highest BCUT2D eigenvalue weighted by Gasteiger charge is 2.15. The molecule has 0 aliphatic carbocycles. The first-order valence-electron chi connectivity index (χ1n) is 11.5. The summed E-state index contributed by atoms with van der Waals surface area (Å²) in [5.74, 6) is 0. The number of rotatable bonds is 2. The molecule has 0 saturated carbocycles. The molecule has 0 saturated heterocycles. The maximum Gasteiger partial charge on any atom is 0.145 e. The maximum atomic E-state index is 9.42. The lowest BCUT2D eigenvalue weighted by atomic mass is 10.0. The van der Waals surface area contributed by atoms with E-state index >= 15 is 0 Å². The zero-order valence-electron chi connectivity index (χ0n) is 18.9. The van der Waals surface area contributed by atoms with E-state index < -0.39 is 0 Å². The van der Waals surface area contributed by atoms with E-state index in [0.29, 0.717) is 11.1 Å². The van der Waals surface area contributed by atoms with E-state index in [0.717, 1.165) is 60.7 Å². The predicted molar refractivity (Wildman–Crippen MR) is 141 cm³/mol. The van der Waals surface area contributed by atoms with Crippen molar-refractivity contribution >= 4 is 43.9 Å². The molecule has 0 spiro atoms. The molecule has 0 aliphatic rings. The van der Waals surface area contributed by atoms with Crippen molar-refractivity contribution < 1.29 is 4.42 Å². The smallest absolute Gasteiger partial charge is 0.145 e. The van der Waals surface area contributed by atoms with E-state index in [1.54, 1.807) is 12.3 Å². The van der Waals surface area contributed by atoms with Crippen LogP contribution in [0.1, 0.15) is 11.1 Å². The third-order valence-electron chi connectivity index (χ3n) is 6.69. The molecule has 0 aliphatic heterocycles. The fourth-order valence-electron chi connectivity index (χ4n) is 5.03. The summed E-state index contributed by atoms with van der Waals surface area (Å²) < 4.78 is 8.14. The van der Waals surface area contributed by atoms with Gasteiger partial charge in [0, 0.05) is 33.4 Å². The summed E-state index contributed by atoms with van der Waals surface area (Å²) >= 11 is 0. The largest absolute Gasteiger partial charge is 0.456 e. The second kappa shape index (κ2) is 7.56. The summed E-state index contributed by atoms with van der Waals surface area (Å²) in [6.07, 6.45) is 1.79. The standard InChI is InChI=1S/C31H16N4O/c32-17-19-6-9-28-25(13-19)24-5-2-12-34-31(24)35(28)23-4-1-3-21(15-23)22-8-11-30-27(16-22)26-14-20(18-33)7-10-29(26)36-30/h1-16H. The maximum absolute atomic E-state index is 9.42. The van der Waals surface area contributed by atoms with Gasteiger partial charge in [0.15, 0.2) is 0 Å². The lowest BCUT2D eigenvalue weighted by Gasteiger charge is -2.10. The molecule has 7 aromatic rings. The summed E-state index contributed by atoms with van der Waals surface area (Å²) in [5.41, 5.74) is 7.73. The first kappa shape index (κ1) is 20.0. The van der Waals surface area contributed by atoms with Crippen LogP contribution in [0.4, 0.5) is 0 Å². The van der Waals surface area contributed by atoms with Gasteiger partial charge in [0.2, 0.25) is 0 Å². The van der Waals surface area contributed by atoms with Gasteiger partial charge in [0.1, 0.15) is 16.8 Å². The van der Waals surface area contributed by atoms with Gasteiger partial charge >= 0.3 is 0 Å². The number of aromatic nitrogens is 2. The van der Waals surface area contributed by atoms with Crippen molar-refractivity contribution in [1.82, 2.24) is 9.55 Å². The second-order valence-electron chi connectivity index (χ2n) is 8.74. The quantitative estimate of drug-likeness (QED) is 0.268. The molecule has 0 N–H and O–H groups in total. The van der Waals surface area contributed by atoms with Crippen molar-refractivity contribution in [2.24, 2.45) is 0 Å². The Bertz CT molecular complexity index is 2080. The lowest BCUT2D eigenvalue weighted by Crippen LogP contribution is -1.95. The van der Waals surface area contributed by atoms with Crippen LogP contribution in [-0.4, -0.2) is 9.55 Å². The summed E-state index contributed by atoms with van der Waals surface area (Å²) in [7, 11) is 0. The Morgan fingerprint density at radius 3 is 2.19 bits per heavy atom. The van der Waals surface area contributed by atoms with Gasteiger partial charge in [-0.1, -0.05) is 18.2 Å². The molecule has 3 aromatic heterocycles. The van der Waals surface area contributed by atoms with Gasteiger partial charge in [-0.25, -0.2) is 4.98 Å². The molecule has 0 bridgehead atoms. The van der Waals surface area contributed by atoms with Crippen LogP contribution < -0.4 is 0 Å². The third kappa shape index (κ3) is 2.91. The minimum atomic E-state index is 0.607. The monoisotopic (exact) mass is 460 g/mol. The van der Waals surface area contributed by atoms with Crippen molar-refractivity contribution in [2.75, 3.05) is 0 Å². The van der Waals surface area contributed by atoms with Crippen LogP contribution in [0.2, 0.25) is 0 Å². The Kier molecular flexibility index (Phi) is 4.21. The molecule has 3 heterocycles. The molecule has 0 amide bonds. The average molecular weight is 460 g/mol. The Morgan fingerprint density at radius 1 is 0.639 bits per heavy atom. The SMILES string of the molecule is N#Cc1ccc2oc3ccc(-c4cccc(-n5c6ccc(C#N)cc6c6cccnc65)c4)cc3c2c1. The highest BCUT2D eigenvalue weighted by atomic mass is 16.3. The van der Waals surface area contributed by atoms with Crippen molar-refractivity contribution in [3.05, 3.63) is 108 Å². The van der Waals surface area contributed by atoms with E-state index in [-0.39, 0.29) is 0 Å². The first-order chi connectivity index (χ1) is 17.7. The fourth-order valence-corrected chi connectivity index (χ4v) is 5.03. The van der Waals surface area contributed by atoms with E-state index in [1.807, 2.05) is 54.6 Å². The van der Waals surface area contributed by atoms with Crippen LogP contribution in [0.25, 0.3) is 60.7 Å². The molecule has 0 radical (unpaired) electrons. The molecule has 5 heteroatoms. The molecular formula is C31H16N4O. The number of hydrogen-bond acceptors (Lipinski definition) is 4. The molecule has 7 rings (SSSR count). The molecule has 0 fully saturated rings.